The van der Waals surface area contributed by atoms with Crippen LogP contribution >= 0.6 is 0 Å². The Bertz CT molecular complexity index is 1060. The number of hydrogen-bond donors (Lipinski definition) is 1. The summed E-state index contributed by atoms with van der Waals surface area (Å²) in [7, 11) is 0. The lowest BCUT2D eigenvalue weighted by Gasteiger charge is -2.13. The number of rotatable bonds is 9. The van der Waals surface area contributed by atoms with Gasteiger partial charge in [-0.15, -0.1) is 0 Å². The minimum absolute atomic E-state index is 0.0476. The Balaban J connectivity index is 1.44. The molecule has 0 aliphatic rings. The molecule has 0 aliphatic heterocycles. The molecule has 0 unspecified atom stereocenters. The van der Waals surface area contributed by atoms with E-state index in [1.165, 1.54) is 5.56 Å². The number of benzene rings is 2. The third-order valence-electron chi connectivity index (χ3n) is 5.06. The average Bonchev–Trinajstić information content (AvgIpc) is 3.50. The third-order valence-corrected chi connectivity index (χ3v) is 5.06. The standard InChI is InChI=1S/C24H25N5O/c30-24(26-12-4-15-28-17-14-25-19-28)22-10-11-23(29-16-5-13-27-29)21(18-22)9-8-20-6-2-1-3-7-20/h1-3,5-7,10-11,13-14,16-19H,4,8-9,12,15H2,(H,26,30). The van der Waals surface area contributed by atoms with E-state index in [-0.39, 0.29) is 5.91 Å². The molecule has 0 bridgehead atoms. The molecule has 0 fully saturated rings. The predicted molar refractivity (Wildman–Crippen MR) is 117 cm³/mol. The van der Waals surface area contributed by atoms with E-state index in [1.54, 1.807) is 18.7 Å². The van der Waals surface area contributed by atoms with Crippen LogP contribution in [0.1, 0.15) is 27.9 Å². The second-order valence-corrected chi connectivity index (χ2v) is 7.19. The molecule has 2 aromatic carbocycles. The summed E-state index contributed by atoms with van der Waals surface area (Å²) in [6.45, 7) is 1.46. The summed E-state index contributed by atoms with van der Waals surface area (Å²) in [6, 6.07) is 18.1. The van der Waals surface area contributed by atoms with Crippen LogP contribution in [0.3, 0.4) is 0 Å². The quantitative estimate of drug-likeness (QED) is 0.437. The molecule has 4 rings (SSSR count). The molecule has 0 atom stereocenters. The second-order valence-electron chi connectivity index (χ2n) is 7.19. The largest absolute Gasteiger partial charge is 0.352 e. The highest BCUT2D eigenvalue weighted by Gasteiger charge is 2.11. The van der Waals surface area contributed by atoms with E-state index in [0.717, 1.165) is 37.1 Å². The van der Waals surface area contributed by atoms with Crippen molar-refractivity contribution in [2.75, 3.05) is 6.54 Å². The number of amides is 1. The van der Waals surface area contributed by atoms with Crippen LogP contribution in [0.25, 0.3) is 5.69 Å². The van der Waals surface area contributed by atoms with Crippen molar-refractivity contribution in [2.24, 2.45) is 0 Å². The van der Waals surface area contributed by atoms with E-state index in [1.807, 2.05) is 52.0 Å². The molecule has 0 radical (unpaired) electrons. The maximum absolute atomic E-state index is 12.7. The highest BCUT2D eigenvalue weighted by atomic mass is 16.1. The monoisotopic (exact) mass is 399 g/mol. The fourth-order valence-electron chi connectivity index (χ4n) is 3.47. The smallest absolute Gasteiger partial charge is 0.251 e. The van der Waals surface area contributed by atoms with Crippen LogP contribution in [0.5, 0.6) is 0 Å². The van der Waals surface area contributed by atoms with Crippen molar-refractivity contribution in [3.8, 4) is 5.69 Å². The molecule has 0 saturated carbocycles. The number of hydrogen-bond acceptors (Lipinski definition) is 3. The second kappa shape index (κ2) is 9.69. The average molecular weight is 399 g/mol. The van der Waals surface area contributed by atoms with Gasteiger partial charge < -0.3 is 9.88 Å². The fraction of sp³-hybridized carbons (Fsp3) is 0.208. The fourth-order valence-corrected chi connectivity index (χ4v) is 3.47. The molecule has 0 spiro atoms. The van der Waals surface area contributed by atoms with Crippen LogP contribution in [-0.2, 0) is 19.4 Å². The van der Waals surface area contributed by atoms with Gasteiger partial charge in [0.25, 0.3) is 5.91 Å². The van der Waals surface area contributed by atoms with Crippen molar-refractivity contribution in [3.05, 3.63) is 102 Å². The summed E-state index contributed by atoms with van der Waals surface area (Å²) >= 11 is 0. The Hall–Kier alpha value is -3.67. The van der Waals surface area contributed by atoms with Crippen LogP contribution in [0.4, 0.5) is 0 Å². The summed E-state index contributed by atoms with van der Waals surface area (Å²) in [6.07, 6.45) is 11.8. The molecule has 1 N–H and O–H groups in total. The lowest BCUT2D eigenvalue weighted by Crippen LogP contribution is -2.25. The first kappa shape index (κ1) is 19.6. The normalized spacial score (nSPS) is 10.8. The highest BCUT2D eigenvalue weighted by molar-refractivity contribution is 5.94. The van der Waals surface area contributed by atoms with Crippen molar-refractivity contribution < 1.29 is 4.79 Å². The molecule has 2 aromatic heterocycles. The number of imidazole rings is 1. The van der Waals surface area contributed by atoms with E-state index in [2.05, 4.69) is 39.7 Å². The van der Waals surface area contributed by atoms with Gasteiger partial charge in [0.05, 0.1) is 12.0 Å². The van der Waals surface area contributed by atoms with Crippen molar-refractivity contribution in [1.29, 1.82) is 0 Å². The van der Waals surface area contributed by atoms with Gasteiger partial charge in [-0.2, -0.15) is 5.10 Å². The topological polar surface area (TPSA) is 64.7 Å². The number of carbonyl (C=O) groups is 1. The summed E-state index contributed by atoms with van der Waals surface area (Å²) in [5.41, 5.74) is 4.07. The van der Waals surface area contributed by atoms with Gasteiger partial charge in [-0.25, -0.2) is 9.67 Å². The van der Waals surface area contributed by atoms with Crippen LogP contribution < -0.4 is 5.32 Å². The SMILES string of the molecule is O=C(NCCCn1ccnc1)c1ccc(-n2cccn2)c(CCc2ccccc2)c1. The summed E-state index contributed by atoms with van der Waals surface area (Å²) < 4.78 is 3.86. The van der Waals surface area contributed by atoms with Gasteiger partial charge in [0.2, 0.25) is 0 Å². The van der Waals surface area contributed by atoms with Crippen LogP contribution in [0, 0.1) is 0 Å². The zero-order valence-electron chi connectivity index (χ0n) is 16.8. The highest BCUT2D eigenvalue weighted by Crippen LogP contribution is 2.19. The number of nitrogens with zero attached hydrogens (tertiary/aromatic N) is 4. The zero-order chi connectivity index (χ0) is 20.6. The summed E-state index contributed by atoms with van der Waals surface area (Å²) in [5.74, 6) is -0.0476. The molecule has 1 amide bonds. The molecule has 6 nitrogen and oxygen atoms in total. The summed E-state index contributed by atoms with van der Waals surface area (Å²) in [5, 5.41) is 7.39. The zero-order valence-corrected chi connectivity index (χ0v) is 16.8. The van der Waals surface area contributed by atoms with Gasteiger partial charge in [0, 0.05) is 43.4 Å². The summed E-state index contributed by atoms with van der Waals surface area (Å²) in [4.78, 5) is 16.7. The Morgan fingerprint density at radius 3 is 2.63 bits per heavy atom. The van der Waals surface area contributed by atoms with E-state index < -0.39 is 0 Å². The van der Waals surface area contributed by atoms with Crippen LogP contribution in [-0.4, -0.2) is 31.8 Å². The molecule has 0 aliphatic carbocycles. The van der Waals surface area contributed by atoms with Gasteiger partial charge in [-0.05, 0) is 54.7 Å². The van der Waals surface area contributed by atoms with Gasteiger partial charge in [0.15, 0.2) is 0 Å². The Morgan fingerprint density at radius 2 is 1.87 bits per heavy atom. The van der Waals surface area contributed by atoms with E-state index >= 15 is 0 Å². The molecule has 6 heteroatoms. The maximum Gasteiger partial charge on any atom is 0.251 e. The van der Waals surface area contributed by atoms with Gasteiger partial charge in [0.1, 0.15) is 0 Å². The Labute approximate surface area is 176 Å². The molecular formula is C24H25N5O. The molecule has 0 saturated heterocycles. The molecule has 2 heterocycles. The van der Waals surface area contributed by atoms with Crippen LogP contribution in [0.15, 0.2) is 85.7 Å². The first-order chi connectivity index (χ1) is 14.8. The van der Waals surface area contributed by atoms with Crippen molar-refractivity contribution >= 4 is 5.91 Å². The number of aryl methyl sites for hydroxylation is 3. The number of carbonyl (C=O) groups excluding carboxylic acids is 1. The van der Waals surface area contributed by atoms with Crippen LogP contribution in [0.2, 0.25) is 0 Å². The molecule has 30 heavy (non-hydrogen) atoms. The third kappa shape index (κ3) is 5.03. The molecular weight excluding hydrogens is 374 g/mol. The van der Waals surface area contributed by atoms with E-state index in [0.29, 0.717) is 12.1 Å². The predicted octanol–water partition coefficient (Wildman–Crippen LogP) is 3.67. The van der Waals surface area contributed by atoms with Gasteiger partial charge in [-0.3, -0.25) is 4.79 Å². The minimum Gasteiger partial charge on any atom is -0.352 e. The maximum atomic E-state index is 12.7. The first-order valence-corrected chi connectivity index (χ1v) is 10.2. The Morgan fingerprint density at radius 1 is 0.967 bits per heavy atom. The first-order valence-electron chi connectivity index (χ1n) is 10.2. The Kier molecular flexibility index (Phi) is 6.35. The molecule has 152 valence electrons. The number of nitrogens with one attached hydrogen (secondary N) is 1. The lowest BCUT2D eigenvalue weighted by atomic mass is 10.0. The van der Waals surface area contributed by atoms with E-state index in [9.17, 15) is 4.79 Å². The van der Waals surface area contributed by atoms with Gasteiger partial charge in [-0.1, -0.05) is 30.3 Å². The van der Waals surface area contributed by atoms with Crippen molar-refractivity contribution in [3.63, 3.8) is 0 Å². The number of aromatic nitrogens is 4. The minimum atomic E-state index is -0.0476. The van der Waals surface area contributed by atoms with Crippen molar-refractivity contribution in [1.82, 2.24) is 24.6 Å². The lowest BCUT2D eigenvalue weighted by molar-refractivity contribution is 0.0952. The molecule has 4 aromatic rings. The van der Waals surface area contributed by atoms with Crippen molar-refractivity contribution in [2.45, 2.75) is 25.8 Å². The van der Waals surface area contributed by atoms with E-state index in [4.69, 9.17) is 0 Å². The van der Waals surface area contributed by atoms with Gasteiger partial charge >= 0.3 is 0 Å².